The van der Waals surface area contributed by atoms with Crippen molar-refractivity contribution in [2.45, 2.75) is 13.8 Å². The molecule has 0 fully saturated rings. The number of aromatic nitrogens is 1. The molecule has 0 saturated heterocycles. The Kier molecular flexibility index (Phi) is 3.75. The third-order valence-electron chi connectivity index (χ3n) is 2.83. The van der Waals surface area contributed by atoms with Gasteiger partial charge in [0, 0.05) is 18.2 Å². The summed E-state index contributed by atoms with van der Waals surface area (Å²) in [6, 6.07) is 10.6. The summed E-state index contributed by atoms with van der Waals surface area (Å²) in [5.74, 6) is 0.645. The maximum atomic E-state index is 11.1. The fourth-order valence-electron chi connectivity index (χ4n) is 1.92. The highest BCUT2D eigenvalue weighted by Gasteiger charge is 2.18. The molecule has 0 aliphatic rings. The molecule has 1 N–H and O–H groups in total. The van der Waals surface area contributed by atoms with E-state index in [1.807, 2.05) is 38.1 Å². The number of nitro groups is 1. The molecule has 1 heterocycles. The van der Waals surface area contributed by atoms with Crippen LogP contribution in [0.2, 0.25) is 0 Å². The van der Waals surface area contributed by atoms with Crippen LogP contribution in [0.1, 0.15) is 12.5 Å². The molecule has 2 aromatic rings. The van der Waals surface area contributed by atoms with E-state index in [4.69, 9.17) is 0 Å². The van der Waals surface area contributed by atoms with Crippen molar-refractivity contribution in [1.82, 2.24) is 4.98 Å². The minimum Gasteiger partial charge on any atom is -0.370 e. The lowest BCUT2D eigenvalue weighted by Gasteiger charge is -2.08. The van der Waals surface area contributed by atoms with E-state index in [0.29, 0.717) is 11.5 Å². The number of hydrogen-bond acceptors (Lipinski definition) is 4. The fourth-order valence-corrected chi connectivity index (χ4v) is 1.92. The summed E-state index contributed by atoms with van der Waals surface area (Å²) in [5.41, 5.74) is 2.18. The van der Waals surface area contributed by atoms with Crippen LogP contribution in [0.15, 0.2) is 36.4 Å². The van der Waals surface area contributed by atoms with Crippen molar-refractivity contribution in [1.29, 1.82) is 0 Å². The van der Waals surface area contributed by atoms with Crippen LogP contribution in [0.25, 0.3) is 11.3 Å². The second kappa shape index (κ2) is 5.48. The van der Waals surface area contributed by atoms with Gasteiger partial charge in [0.15, 0.2) is 5.69 Å². The lowest BCUT2D eigenvalue weighted by atomic mass is 10.0. The largest absolute Gasteiger partial charge is 0.370 e. The number of benzene rings is 1. The molecule has 0 bridgehead atoms. The third kappa shape index (κ3) is 2.70. The average molecular weight is 257 g/mol. The summed E-state index contributed by atoms with van der Waals surface area (Å²) in [7, 11) is 0. The molecule has 5 heteroatoms. The van der Waals surface area contributed by atoms with Gasteiger partial charge in [-0.2, -0.15) is 0 Å². The zero-order chi connectivity index (χ0) is 13.8. The van der Waals surface area contributed by atoms with Crippen LogP contribution in [0.5, 0.6) is 0 Å². The van der Waals surface area contributed by atoms with Crippen LogP contribution < -0.4 is 5.32 Å². The van der Waals surface area contributed by atoms with Crippen LogP contribution in [0.3, 0.4) is 0 Å². The molecule has 98 valence electrons. The number of rotatable bonds is 4. The van der Waals surface area contributed by atoms with Gasteiger partial charge in [-0.25, -0.2) is 4.98 Å². The minimum absolute atomic E-state index is 0.0240. The number of nitrogens with zero attached hydrogens (tertiary/aromatic N) is 2. The predicted octanol–water partition coefficient (Wildman–Crippen LogP) is 3.40. The number of anilines is 1. The smallest absolute Gasteiger partial charge is 0.295 e. The highest BCUT2D eigenvalue weighted by atomic mass is 16.6. The molecular formula is C14H15N3O2. The monoisotopic (exact) mass is 257 g/mol. The van der Waals surface area contributed by atoms with Crippen molar-refractivity contribution in [3.8, 4) is 11.3 Å². The van der Waals surface area contributed by atoms with E-state index in [0.717, 1.165) is 17.7 Å². The molecule has 19 heavy (non-hydrogen) atoms. The van der Waals surface area contributed by atoms with Crippen LogP contribution in [0, 0.1) is 17.0 Å². The Labute approximate surface area is 111 Å². The molecule has 0 spiro atoms. The lowest BCUT2D eigenvalue weighted by Crippen LogP contribution is -2.02. The Balaban J connectivity index is 2.61. The lowest BCUT2D eigenvalue weighted by molar-refractivity contribution is -0.384. The van der Waals surface area contributed by atoms with Crippen LogP contribution in [0.4, 0.5) is 11.5 Å². The SMILES string of the molecule is CCNc1ccc([N+](=O)[O-])c(-c2ccccc2C)n1. The van der Waals surface area contributed by atoms with Gasteiger partial charge in [0.2, 0.25) is 0 Å². The highest BCUT2D eigenvalue weighted by Crippen LogP contribution is 2.31. The minimum atomic E-state index is -0.398. The molecule has 0 amide bonds. The third-order valence-corrected chi connectivity index (χ3v) is 2.83. The van der Waals surface area contributed by atoms with Crippen LogP contribution in [-0.2, 0) is 0 Å². The quantitative estimate of drug-likeness (QED) is 0.673. The Morgan fingerprint density at radius 3 is 2.63 bits per heavy atom. The average Bonchev–Trinajstić information content (AvgIpc) is 2.39. The van der Waals surface area contributed by atoms with Gasteiger partial charge in [-0.3, -0.25) is 10.1 Å². The molecule has 1 aromatic heterocycles. The van der Waals surface area contributed by atoms with Crippen molar-refractivity contribution in [3.05, 3.63) is 52.1 Å². The Bertz CT molecular complexity index is 611. The molecule has 0 unspecified atom stereocenters. The van der Waals surface area contributed by atoms with Gasteiger partial charge >= 0.3 is 0 Å². The van der Waals surface area contributed by atoms with Crippen molar-refractivity contribution >= 4 is 11.5 Å². The van der Waals surface area contributed by atoms with Crippen molar-refractivity contribution in [2.24, 2.45) is 0 Å². The van der Waals surface area contributed by atoms with E-state index >= 15 is 0 Å². The van der Waals surface area contributed by atoms with Gasteiger partial charge in [0.1, 0.15) is 5.82 Å². The van der Waals surface area contributed by atoms with Gasteiger partial charge in [-0.05, 0) is 25.5 Å². The zero-order valence-electron chi connectivity index (χ0n) is 10.9. The molecule has 1 aromatic carbocycles. The van der Waals surface area contributed by atoms with E-state index < -0.39 is 4.92 Å². The molecule has 0 aliphatic heterocycles. The maximum absolute atomic E-state index is 11.1. The molecule has 2 rings (SSSR count). The topological polar surface area (TPSA) is 68.1 Å². The zero-order valence-corrected chi connectivity index (χ0v) is 10.9. The molecular weight excluding hydrogens is 242 g/mol. The molecule has 0 atom stereocenters. The summed E-state index contributed by atoms with van der Waals surface area (Å²) >= 11 is 0. The summed E-state index contributed by atoms with van der Waals surface area (Å²) in [5, 5.41) is 14.2. The van der Waals surface area contributed by atoms with E-state index in [1.54, 1.807) is 6.07 Å². The normalized spacial score (nSPS) is 10.2. The second-order valence-electron chi connectivity index (χ2n) is 4.17. The number of pyridine rings is 1. The van der Waals surface area contributed by atoms with Gasteiger partial charge < -0.3 is 5.32 Å². The fraction of sp³-hybridized carbons (Fsp3) is 0.214. The first-order valence-corrected chi connectivity index (χ1v) is 6.08. The van der Waals surface area contributed by atoms with Gasteiger partial charge in [0.05, 0.1) is 4.92 Å². The van der Waals surface area contributed by atoms with Crippen molar-refractivity contribution < 1.29 is 4.92 Å². The Hall–Kier alpha value is -2.43. The second-order valence-corrected chi connectivity index (χ2v) is 4.17. The first-order valence-electron chi connectivity index (χ1n) is 6.08. The summed E-state index contributed by atoms with van der Waals surface area (Å²) in [6.07, 6.45) is 0. The van der Waals surface area contributed by atoms with Crippen molar-refractivity contribution in [2.75, 3.05) is 11.9 Å². The maximum Gasteiger partial charge on any atom is 0.295 e. The van der Waals surface area contributed by atoms with E-state index in [9.17, 15) is 10.1 Å². The molecule has 0 saturated carbocycles. The van der Waals surface area contributed by atoms with Crippen LogP contribution in [-0.4, -0.2) is 16.5 Å². The van der Waals surface area contributed by atoms with Gasteiger partial charge in [0.25, 0.3) is 5.69 Å². The first kappa shape index (κ1) is 13.0. The Morgan fingerprint density at radius 2 is 2.00 bits per heavy atom. The van der Waals surface area contributed by atoms with Gasteiger partial charge in [-0.1, -0.05) is 24.3 Å². The van der Waals surface area contributed by atoms with Crippen LogP contribution >= 0.6 is 0 Å². The van der Waals surface area contributed by atoms with Crippen molar-refractivity contribution in [3.63, 3.8) is 0 Å². The summed E-state index contributed by atoms with van der Waals surface area (Å²) < 4.78 is 0. The summed E-state index contributed by atoms with van der Waals surface area (Å²) in [6.45, 7) is 4.59. The molecule has 0 radical (unpaired) electrons. The number of aryl methyl sites for hydroxylation is 1. The first-order chi connectivity index (χ1) is 9.13. The van der Waals surface area contributed by atoms with E-state index in [2.05, 4.69) is 10.3 Å². The Morgan fingerprint density at radius 1 is 1.26 bits per heavy atom. The number of nitrogens with one attached hydrogen (secondary N) is 1. The number of hydrogen-bond donors (Lipinski definition) is 1. The predicted molar refractivity (Wildman–Crippen MR) is 75.2 cm³/mol. The van der Waals surface area contributed by atoms with Gasteiger partial charge in [-0.15, -0.1) is 0 Å². The van der Waals surface area contributed by atoms with E-state index in [-0.39, 0.29) is 5.69 Å². The highest BCUT2D eigenvalue weighted by molar-refractivity contribution is 5.73. The summed E-state index contributed by atoms with van der Waals surface area (Å²) in [4.78, 5) is 15.1. The molecule has 5 nitrogen and oxygen atoms in total. The van der Waals surface area contributed by atoms with E-state index in [1.165, 1.54) is 6.07 Å². The standard InChI is InChI=1S/C14H15N3O2/c1-3-15-13-9-8-12(17(18)19)14(16-13)11-7-5-4-6-10(11)2/h4-9H,3H2,1-2H3,(H,15,16). The molecule has 0 aliphatic carbocycles.